The molecule has 0 fully saturated rings. The lowest BCUT2D eigenvalue weighted by atomic mass is 10.0. The van der Waals surface area contributed by atoms with Crippen LogP contribution in [-0.2, 0) is 9.53 Å². The number of nitrogens with one attached hydrogen (secondary N) is 1. The van der Waals surface area contributed by atoms with E-state index >= 15 is 0 Å². The van der Waals surface area contributed by atoms with Gasteiger partial charge in [-0.2, -0.15) is 0 Å². The molecule has 0 unspecified atom stereocenters. The van der Waals surface area contributed by atoms with Crippen LogP contribution in [0.25, 0.3) is 0 Å². The molecule has 0 aliphatic heterocycles. The molecule has 3 N–H and O–H groups in total. The zero-order chi connectivity index (χ0) is 15.8. The summed E-state index contributed by atoms with van der Waals surface area (Å²) in [4.78, 5) is 19.9. The SMILES string of the molecule is [B]c1nc(C)cnc1NC(=O)C(=C)/C=C\C=C(/N)OCC. The quantitative estimate of drug-likeness (QED) is 0.343. The maximum Gasteiger partial charge on any atom is 0.256 e. The van der Waals surface area contributed by atoms with Gasteiger partial charge in [-0.25, -0.2) is 4.98 Å². The van der Waals surface area contributed by atoms with Crippen molar-refractivity contribution in [2.24, 2.45) is 5.73 Å². The molecule has 0 saturated carbocycles. The van der Waals surface area contributed by atoms with Crippen molar-refractivity contribution in [1.82, 2.24) is 9.97 Å². The van der Waals surface area contributed by atoms with Gasteiger partial charge in [-0.05, 0) is 26.0 Å². The van der Waals surface area contributed by atoms with E-state index in [1.807, 2.05) is 6.92 Å². The van der Waals surface area contributed by atoms with Gasteiger partial charge in [0.15, 0.2) is 5.88 Å². The van der Waals surface area contributed by atoms with Crippen LogP contribution in [0, 0.1) is 6.92 Å². The normalized spacial score (nSPS) is 11.4. The fraction of sp³-hybridized carbons (Fsp3) is 0.214. The molecule has 0 saturated heterocycles. The smallest absolute Gasteiger partial charge is 0.256 e. The number of aryl methyl sites for hydroxylation is 1. The van der Waals surface area contributed by atoms with Gasteiger partial charge in [0.05, 0.1) is 18.5 Å². The fourth-order valence-corrected chi connectivity index (χ4v) is 1.33. The molecular formula is C14H17BN4O2. The number of aromatic nitrogens is 2. The van der Waals surface area contributed by atoms with Crippen LogP contribution in [-0.4, -0.2) is 30.3 Å². The number of nitrogens with zero attached hydrogens (tertiary/aromatic N) is 2. The number of rotatable bonds is 6. The molecule has 7 heteroatoms. The Balaban J connectivity index is 2.65. The second-order valence-corrected chi connectivity index (χ2v) is 4.09. The first-order chi connectivity index (χ1) is 9.93. The van der Waals surface area contributed by atoms with Gasteiger partial charge in [-0.3, -0.25) is 9.78 Å². The summed E-state index contributed by atoms with van der Waals surface area (Å²) in [5.74, 6) is 0.0274. The highest BCUT2D eigenvalue weighted by molar-refractivity contribution is 6.34. The molecule has 0 atom stereocenters. The Bertz CT molecular complexity index is 597. The lowest BCUT2D eigenvalue weighted by Gasteiger charge is -2.07. The lowest BCUT2D eigenvalue weighted by molar-refractivity contribution is -0.112. The summed E-state index contributed by atoms with van der Waals surface area (Å²) in [5, 5.41) is 2.53. The van der Waals surface area contributed by atoms with Crippen molar-refractivity contribution in [1.29, 1.82) is 0 Å². The van der Waals surface area contributed by atoms with Crippen molar-refractivity contribution < 1.29 is 9.53 Å². The Morgan fingerprint density at radius 1 is 1.62 bits per heavy atom. The van der Waals surface area contributed by atoms with Crippen LogP contribution in [0.4, 0.5) is 5.82 Å². The molecule has 0 aromatic carbocycles. The molecule has 6 nitrogen and oxygen atoms in total. The number of amides is 1. The molecule has 0 aliphatic rings. The van der Waals surface area contributed by atoms with E-state index in [2.05, 4.69) is 21.9 Å². The highest BCUT2D eigenvalue weighted by Crippen LogP contribution is 2.02. The highest BCUT2D eigenvalue weighted by atomic mass is 16.5. The molecular weight excluding hydrogens is 267 g/mol. The third-order valence-electron chi connectivity index (χ3n) is 2.31. The lowest BCUT2D eigenvalue weighted by Crippen LogP contribution is -2.23. The molecule has 1 aromatic heterocycles. The molecule has 0 aliphatic carbocycles. The van der Waals surface area contributed by atoms with E-state index < -0.39 is 5.91 Å². The van der Waals surface area contributed by atoms with Crippen LogP contribution in [0.3, 0.4) is 0 Å². The van der Waals surface area contributed by atoms with Crippen LogP contribution in [0.2, 0.25) is 0 Å². The summed E-state index contributed by atoms with van der Waals surface area (Å²) in [6.07, 6.45) is 6.11. The third-order valence-corrected chi connectivity index (χ3v) is 2.31. The van der Waals surface area contributed by atoms with Gasteiger partial charge in [0.1, 0.15) is 13.7 Å². The number of carbonyl (C=O) groups excluding carboxylic acids is 1. The van der Waals surface area contributed by atoms with Crippen LogP contribution in [0.15, 0.2) is 42.5 Å². The first-order valence-electron chi connectivity index (χ1n) is 6.30. The third kappa shape index (κ3) is 5.52. The highest BCUT2D eigenvalue weighted by Gasteiger charge is 2.08. The van der Waals surface area contributed by atoms with Crippen LogP contribution in [0.5, 0.6) is 0 Å². The van der Waals surface area contributed by atoms with Crippen molar-refractivity contribution in [2.75, 3.05) is 11.9 Å². The van der Waals surface area contributed by atoms with Crippen molar-refractivity contribution in [3.63, 3.8) is 0 Å². The average Bonchev–Trinajstić information content (AvgIpc) is 2.42. The number of nitrogens with two attached hydrogens (primary N) is 1. The largest absolute Gasteiger partial charge is 0.480 e. The van der Waals surface area contributed by atoms with Gasteiger partial charge >= 0.3 is 0 Å². The Morgan fingerprint density at radius 3 is 2.95 bits per heavy atom. The zero-order valence-corrected chi connectivity index (χ0v) is 12.1. The summed E-state index contributed by atoms with van der Waals surface area (Å²) in [6.45, 7) is 7.70. The summed E-state index contributed by atoms with van der Waals surface area (Å²) >= 11 is 0. The summed E-state index contributed by atoms with van der Waals surface area (Å²) in [5.41, 5.74) is 6.57. The van der Waals surface area contributed by atoms with Gasteiger partial charge in [0.2, 0.25) is 0 Å². The van der Waals surface area contributed by atoms with Gasteiger partial charge in [-0.1, -0.05) is 12.7 Å². The monoisotopic (exact) mass is 284 g/mol. The van der Waals surface area contributed by atoms with Crippen molar-refractivity contribution in [3.05, 3.63) is 48.2 Å². The van der Waals surface area contributed by atoms with E-state index in [0.717, 1.165) is 0 Å². The minimum atomic E-state index is -0.431. The summed E-state index contributed by atoms with van der Waals surface area (Å²) in [7, 11) is 5.66. The van der Waals surface area contributed by atoms with E-state index in [-0.39, 0.29) is 22.9 Å². The van der Waals surface area contributed by atoms with Crippen LogP contribution < -0.4 is 16.6 Å². The molecule has 0 spiro atoms. The summed E-state index contributed by atoms with van der Waals surface area (Å²) in [6, 6.07) is 0. The first-order valence-corrected chi connectivity index (χ1v) is 6.30. The average molecular weight is 284 g/mol. The Morgan fingerprint density at radius 2 is 2.33 bits per heavy atom. The second kappa shape index (κ2) is 7.89. The molecule has 1 amide bonds. The number of hydrogen-bond acceptors (Lipinski definition) is 5. The maximum atomic E-state index is 11.9. The Hall–Kier alpha value is -2.57. The molecule has 1 rings (SSSR count). The minimum Gasteiger partial charge on any atom is -0.480 e. The first kappa shape index (κ1) is 16.5. The predicted octanol–water partition coefficient (Wildman–Crippen LogP) is 0.466. The minimum absolute atomic E-state index is 0.153. The number of carbonyl (C=O) groups is 1. The molecule has 0 bridgehead atoms. The van der Waals surface area contributed by atoms with Crippen LogP contribution in [0.1, 0.15) is 12.6 Å². The number of hydrogen-bond donors (Lipinski definition) is 2. The standard InChI is InChI=1S/C14H17BN4O2/c1-4-21-11(16)7-5-6-9(2)14(20)19-13-12(15)18-10(3)8-17-13/h5-8H,2,4,16H2,1,3H3,(H,17,19,20)/b6-5-,11-7+. The van der Waals surface area contributed by atoms with E-state index in [4.69, 9.17) is 18.3 Å². The molecule has 1 aromatic rings. The van der Waals surface area contributed by atoms with E-state index in [1.165, 1.54) is 18.3 Å². The number of ether oxygens (including phenoxy) is 1. The number of anilines is 1. The van der Waals surface area contributed by atoms with E-state index in [0.29, 0.717) is 12.3 Å². The molecule has 2 radical (unpaired) electrons. The van der Waals surface area contributed by atoms with E-state index in [9.17, 15) is 4.79 Å². The van der Waals surface area contributed by atoms with Crippen molar-refractivity contribution in [3.8, 4) is 0 Å². The number of allylic oxidation sites excluding steroid dienone is 2. The van der Waals surface area contributed by atoms with E-state index in [1.54, 1.807) is 13.0 Å². The topological polar surface area (TPSA) is 90.1 Å². The van der Waals surface area contributed by atoms with Gasteiger partial charge in [0.25, 0.3) is 5.91 Å². The Kier molecular flexibility index (Phi) is 6.19. The molecule has 1 heterocycles. The van der Waals surface area contributed by atoms with Gasteiger partial charge < -0.3 is 15.8 Å². The second-order valence-electron chi connectivity index (χ2n) is 4.09. The van der Waals surface area contributed by atoms with Gasteiger partial charge in [0, 0.05) is 11.2 Å². The van der Waals surface area contributed by atoms with Crippen LogP contribution >= 0.6 is 0 Å². The van der Waals surface area contributed by atoms with Crippen molar-refractivity contribution >= 4 is 25.2 Å². The van der Waals surface area contributed by atoms with Crippen molar-refractivity contribution in [2.45, 2.75) is 13.8 Å². The van der Waals surface area contributed by atoms with Gasteiger partial charge in [-0.15, -0.1) is 0 Å². The Labute approximate surface area is 125 Å². The predicted molar refractivity (Wildman–Crippen MR) is 83.0 cm³/mol. The maximum absolute atomic E-state index is 11.9. The molecule has 108 valence electrons. The zero-order valence-electron chi connectivity index (χ0n) is 12.1. The molecule has 21 heavy (non-hydrogen) atoms. The summed E-state index contributed by atoms with van der Waals surface area (Å²) < 4.78 is 5.03. The fourth-order valence-electron chi connectivity index (χ4n) is 1.33.